The minimum atomic E-state index is -0.186. The minimum absolute atomic E-state index is 0.186. The van der Waals surface area contributed by atoms with Gasteiger partial charge >= 0.3 is 0 Å². The van der Waals surface area contributed by atoms with Gasteiger partial charge in [-0.1, -0.05) is 25.1 Å². The first-order valence-electron chi connectivity index (χ1n) is 6.98. The zero-order chi connectivity index (χ0) is 15.1. The molecule has 1 aromatic carbocycles. The number of hydrogen-bond acceptors (Lipinski definition) is 5. The number of pyridine rings is 1. The molecule has 0 aliphatic rings. The fourth-order valence-corrected chi connectivity index (χ4v) is 2.14. The van der Waals surface area contributed by atoms with Crippen LogP contribution in [0.25, 0.3) is 0 Å². The van der Waals surface area contributed by atoms with Gasteiger partial charge in [-0.25, -0.2) is 10.4 Å². The smallest absolute Gasteiger partial charge is 0.218 e. The molecule has 0 spiro atoms. The zero-order valence-corrected chi connectivity index (χ0v) is 12.4. The topological polar surface area (TPSA) is 69.4 Å². The Hall–Kier alpha value is -2.11. The number of benzene rings is 1. The molecule has 5 heteroatoms. The summed E-state index contributed by atoms with van der Waals surface area (Å²) < 4.78 is 10.9. The third-order valence-corrected chi connectivity index (χ3v) is 3.16. The van der Waals surface area contributed by atoms with Crippen molar-refractivity contribution in [2.75, 3.05) is 13.7 Å². The van der Waals surface area contributed by atoms with Crippen molar-refractivity contribution in [2.24, 2.45) is 5.84 Å². The summed E-state index contributed by atoms with van der Waals surface area (Å²) in [5.74, 6) is 7.13. The normalized spacial score (nSPS) is 12.0. The number of nitrogens with two attached hydrogens (primary N) is 1. The van der Waals surface area contributed by atoms with Gasteiger partial charge in [0.15, 0.2) is 0 Å². The lowest BCUT2D eigenvalue weighted by Crippen LogP contribution is -2.29. The van der Waals surface area contributed by atoms with Crippen LogP contribution in [0.4, 0.5) is 0 Å². The van der Waals surface area contributed by atoms with Crippen molar-refractivity contribution in [1.82, 2.24) is 10.4 Å². The standard InChI is InChI=1S/C16H21N3O2/c1-3-11-21-13-8-6-12(7-9-13)15(19-17)14-5-4-10-18-16(14)20-2/h4-10,15,19H,3,11,17H2,1-2H3. The van der Waals surface area contributed by atoms with Gasteiger partial charge in [0.05, 0.1) is 19.8 Å². The molecule has 0 aliphatic heterocycles. The number of hydrazine groups is 1. The summed E-state index contributed by atoms with van der Waals surface area (Å²) in [4.78, 5) is 4.21. The van der Waals surface area contributed by atoms with Gasteiger partial charge < -0.3 is 9.47 Å². The molecular weight excluding hydrogens is 266 g/mol. The molecule has 0 aliphatic carbocycles. The van der Waals surface area contributed by atoms with Gasteiger partial charge in [0.25, 0.3) is 0 Å². The Morgan fingerprint density at radius 3 is 2.62 bits per heavy atom. The highest BCUT2D eigenvalue weighted by molar-refractivity contribution is 5.39. The van der Waals surface area contributed by atoms with Crippen LogP contribution in [-0.2, 0) is 0 Å². The summed E-state index contributed by atoms with van der Waals surface area (Å²) in [7, 11) is 1.60. The van der Waals surface area contributed by atoms with Crippen LogP contribution in [0.5, 0.6) is 11.6 Å². The van der Waals surface area contributed by atoms with E-state index in [-0.39, 0.29) is 6.04 Å². The number of aromatic nitrogens is 1. The lowest BCUT2D eigenvalue weighted by Gasteiger charge is -2.19. The van der Waals surface area contributed by atoms with E-state index in [0.29, 0.717) is 12.5 Å². The van der Waals surface area contributed by atoms with Crippen LogP contribution in [0.1, 0.15) is 30.5 Å². The molecular formula is C16H21N3O2. The van der Waals surface area contributed by atoms with E-state index in [2.05, 4.69) is 17.3 Å². The van der Waals surface area contributed by atoms with Crippen molar-refractivity contribution in [3.63, 3.8) is 0 Å². The van der Waals surface area contributed by atoms with Gasteiger partial charge in [-0.3, -0.25) is 5.84 Å². The molecule has 2 aromatic rings. The molecule has 0 radical (unpaired) electrons. The Morgan fingerprint density at radius 2 is 2.00 bits per heavy atom. The summed E-state index contributed by atoms with van der Waals surface area (Å²) in [6.45, 7) is 2.80. The van der Waals surface area contributed by atoms with Gasteiger partial charge in [-0.15, -0.1) is 0 Å². The molecule has 0 amide bonds. The van der Waals surface area contributed by atoms with Crippen molar-refractivity contribution in [3.05, 3.63) is 53.7 Å². The molecule has 1 atom stereocenters. The Balaban J connectivity index is 2.24. The molecule has 0 saturated heterocycles. The largest absolute Gasteiger partial charge is 0.494 e. The maximum absolute atomic E-state index is 5.71. The Morgan fingerprint density at radius 1 is 1.24 bits per heavy atom. The van der Waals surface area contributed by atoms with Gasteiger partial charge in [-0.05, 0) is 30.2 Å². The number of hydrogen-bond donors (Lipinski definition) is 2. The fourth-order valence-electron chi connectivity index (χ4n) is 2.14. The maximum atomic E-state index is 5.71. The van der Waals surface area contributed by atoms with Crippen molar-refractivity contribution >= 4 is 0 Å². The van der Waals surface area contributed by atoms with E-state index < -0.39 is 0 Å². The summed E-state index contributed by atoms with van der Waals surface area (Å²) in [5, 5.41) is 0. The van der Waals surface area contributed by atoms with Crippen LogP contribution in [0.2, 0.25) is 0 Å². The van der Waals surface area contributed by atoms with Gasteiger partial charge in [-0.2, -0.15) is 0 Å². The third-order valence-electron chi connectivity index (χ3n) is 3.16. The molecule has 1 unspecified atom stereocenters. The van der Waals surface area contributed by atoms with Crippen molar-refractivity contribution in [3.8, 4) is 11.6 Å². The molecule has 1 heterocycles. The van der Waals surface area contributed by atoms with Gasteiger partial charge in [0, 0.05) is 11.8 Å². The lowest BCUT2D eigenvalue weighted by atomic mass is 10.0. The number of ether oxygens (including phenoxy) is 2. The second-order valence-corrected chi connectivity index (χ2v) is 4.62. The van der Waals surface area contributed by atoms with Crippen molar-refractivity contribution in [2.45, 2.75) is 19.4 Å². The van der Waals surface area contributed by atoms with Crippen LogP contribution in [0.15, 0.2) is 42.6 Å². The Labute approximate surface area is 125 Å². The van der Waals surface area contributed by atoms with Gasteiger partial charge in [0.1, 0.15) is 5.75 Å². The molecule has 21 heavy (non-hydrogen) atoms. The number of nitrogens with one attached hydrogen (secondary N) is 1. The second-order valence-electron chi connectivity index (χ2n) is 4.62. The first-order chi connectivity index (χ1) is 10.3. The predicted molar refractivity (Wildman–Crippen MR) is 82.2 cm³/mol. The average molecular weight is 287 g/mol. The highest BCUT2D eigenvalue weighted by Crippen LogP contribution is 2.28. The third kappa shape index (κ3) is 3.71. The monoisotopic (exact) mass is 287 g/mol. The van der Waals surface area contributed by atoms with Crippen molar-refractivity contribution in [1.29, 1.82) is 0 Å². The molecule has 3 N–H and O–H groups in total. The molecule has 2 rings (SSSR count). The number of rotatable bonds is 7. The summed E-state index contributed by atoms with van der Waals surface area (Å²) in [6, 6.07) is 11.5. The van der Waals surface area contributed by atoms with Crippen LogP contribution >= 0.6 is 0 Å². The van der Waals surface area contributed by atoms with Crippen LogP contribution < -0.4 is 20.7 Å². The Bertz CT molecular complexity index is 558. The average Bonchev–Trinajstić information content (AvgIpc) is 2.55. The molecule has 1 aromatic heterocycles. The number of nitrogens with zero attached hydrogens (tertiary/aromatic N) is 1. The maximum Gasteiger partial charge on any atom is 0.218 e. The SMILES string of the molecule is CCCOc1ccc(C(NN)c2cccnc2OC)cc1. The summed E-state index contributed by atoms with van der Waals surface area (Å²) in [6.07, 6.45) is 2.68. The molecule has 0 saturated carbocycles. The van der Waals surface area contributed by atoms with E-state index >= 15 is 0 Å². The second kappa shape index (κ2) is 7.61. The van der Waals surface area contributed by atoms with E-state index in [1.165, 1.54) is 0 Å². The van der Waals surface area contributed by atoms with E-state index in [9.17, 15) is 0 Å². The lowest BCUT2D eigenvalue weighted by molar-refractivity contribution is 0.317. The minimum Gasteiger partial charge on any atom is -0.494 e. The first-order valence-corrected chi connectivity index (χ1v) is 6.98. The van der Waals surface area contributed by atoms with E-state index in [0.717, 1.165) is 23.3 Å². The highest BCUT2D eigenvalue weighted by Gasteiger charge is 2.17. The molecule has 112 valence electrons. The zero-order valence-electron chi connectivity index (χ0n) is 12.4. The summed E-state index contributed by atoms with van der Waals surface area (Å²) in [5.41, 5.74) is 4.73. The van der Waals surface area contributed by atoms with Crippen LogP contribution in [0, 0.1) is 0 Å². The highest BCUT2D eigenvalue weighted by atomic mass is 16.5. The first kappa shape index (κ1) is 15.3. The van der Waals surface area contributed by atoms with Crippen LogP contribution in [0.3, 0.4) is 0 Å². The summed E-state index contributed by atoms with van der Waals surface area (Å²) >= 11 is 0. The van der Waals surface area contributed by atoms with Crippen LogP contribution in [-0.4, -0.2) is 18.7 Å². The van der Waals surface area contributed by atoms with E-state index in [1.54, 1.807) is 13.3 Å². The fraction of sp³-hybridized carbons (Fsp3) is 0.312. The quantitative estimate of drug-likeness (QED) is 0.604. The number of methoxy groups -OCH3 is 1. The van der Waals surface area contributed by atoms with E-state index in [1.807, 2.05) is 36.4 Å². The Kier molecular flexibility index (Phi) is 5.54. The van der Waals surface area contributed by atoms with E-state index in [4.69, 9.17) is 15.3 Å². The van der Waals surface area contributed by atoms with Crippen molar-refractivity contribution < 1.29 is 9.47 Å². The molecule has 0 fully saturated rings. The van der Waals surface area contributed by atoms with Gasteiger partial charge in [0.2, 0.25) is 5.88 Å². The molecule has 0 bridgehead atoms. The predicted octanol–water partition coefficient (Wildman–Crippen LogP) is 2.43. The molecule has 5 nitrogen and oxygen atoms in total.